The lowest BCUT2D eigenvalue weighted by Gasteiger charge is -2.53. The molecular weight excluding hydrogens is 250 g/mol. The summed E-state index contributed by atoms with van der Waals surface area (Å²) >= 11 is 0. The van der Waals surface area contributed by atoms with Crippen LogP contribution >= 0.6 is 0 Å². The summed E-state index contributed by atoms with van der Waals surface area (Å²) in [5, 5.41) is 3.48. The van der Waals surface area contributed by atoms with Crippen molar-refractivity contribution < 1.29 is 9.47 Å². The Morgan fingerprint density at radius 3 is 2.80 bits per heavy atom. The van der Waals surface area contributed by atoms with Gasteiger partial charge in [-0.3, -0.25) is 0 Å². The Balaban J connectivity index is 1.70. The van der Waals surface area contributed by atoms with Gasteiger partial charge in [0.05, 0.1) is 6.61 Å². The Morgan fingerprint density at radius 1 is 1.30 bits per heavy atom. The molecule has 0 heterocycles. The van der Waals surface area contributed by atoms with Gasteiger partial charge in [-0.2, -0.15) is 0 Å². The van der Waals surface area contributed by atoms with Gasteiger partial charge >= 0.3 is 0 Å². The maximum absolute atomic E-state index is 6.31. The van der Waals surface area contributed by atoms with Crippen LogP contribution in [0.15, 0.2) is 24.3 Å². The van der Waals surface area contributed by atoms with Crippen molar-refractivity contribution in [3.63, 3.8) is 0 Å². The first kappa shape index (κ1) is 13.9. The van der Waals surface area contributed by atoms with Crippen molar-refractivity contribution in [3.8, 4) is 5.75 Å². The van der Waals surface area contributed by atoms with Gasteiger partial charge in [-0.15, -0.1) is 0 Å². The largest absolute Gasteiger partial charge is 0.490 e. The van der Waals surface area contributed by atoms with Gasteiger partial charge in [0.15, 0.2) is 0 Å². The van der Waals surface area contributed by atoms with Crippen molar-refractivity contribution in [2.24, 2.45) is 5.41 Å². The molecule has 3 heteroatoms. The molecule has 2 aliphatic carbocycles. The molecule has 0 aliphatic heterocycles. The molecule has 0 aromatic heterocycles. The first-order valence-electron chi connectivity index (χ1n) is 7.70. The SMILES string of the molecule is CNC1CC(Oc2cccc(COC)c2)C12CCCC2. The van der Waals surface area contributed by atoms with Gasteiger partial charge in [0.25, 0.3) is 0 Å². The van der Waals surface area contributed by atoms with Gasteiger partial charge in [0.1, 0.15) is 11.9 Å². The van der Waals surface area contributed by atoms with E-state index < -0.39 is 0 Å². The van der Waals surface area contributed by atoms with E-state index in [2.05, 4.69) is 36.6 Å². The third-order valence-corrected chi connectivity index (χ3v) is 5.16. The van der Waals surface area contributed by atoms with E-state index in [0.29, 0.717) is 24.2 Å². The van der Waals surface area contributed by atoms with Gasteiger partial charge in [0, 0.05) is 25.0 Å². The molecule has 0 saturated heterocycles. The van der Waals surface area contributed by atoms with Crippen LogP contribution in [0.4, 0.5) is 0 Å². The van der Waals surface area contributed by atoms with Gasteiger partial charge in [-0.1, -0.05) is 25.0 Å². The highest BCUT2D eigenvalue weighted by Crippen LogP contribution is 2.54. The molecular formula is C17H25NO2. The molecule has 2 aliphatic rings. The predicted molar refractivity (Wildman–Crippen MR) is 79.9 cm³/mol. The summed E-state index contributed by atoms with van der Waals surface area (Å²) < 4.78 is 11.5. The van der Waals surface area contributed by atoms with Gasteiger partial charge in [-0.05, 0) is 37.6 Å². The average molecular weight is 275 g/mol. The van der Waals surface area contributed by atoms with Gasteiger partial charge < -0.3 is 14.8 Å². The third kappa shape index (κ3) is 2.33. The molecule has 1 N–H and O–H groups in total. The lowest BCUT2D eigenvalue weighted by Crippen LogP contribution is -2.63. The predicted octanol–water partition coefficient (Wildman–Crippen LogP) is 3.13. The van der Waals surface area contributed by atoms with Crippen LogP contribution in [0.1, 0.15) is 37.7 Å². The summed E-state index contributed by atoms with van der Waals surface area (Å²) in [5.74, 6) is 0.991. The minimum atomic E-state index is 0.375. The Hall–Kier alpha value is -1.06. The van der Waals surface area contributed by atoms with E-state index in [4.69, 9.17) is 9.47 Å². The van der Waals surface area contributed by atoms with E-state index in [0.717, 1.165) is 12.2 Å². The summed E-state index contributed by atoms with van der Waals surface area (Å²) in [7, 11) is 3.81. The van der Waals surface area contributed by atoms with Crippen molar-refractivity contribution in [1.29, 1.82) is 0 Å². The van der Waals surface area contributed by atoms with Crippen molar-refractivity contribution in [2.75, 3.05) is 14.2 Å². The maximum Gasteiger partial charge on any atom is 0.120 e. The third-order valence-electron chi connectivity index (χ3n) is 5.16. The van der Waals surface area contributed by atoms with Gasteiger partial charge in [-0.25, -0.2) is 0 Å². The molecule has 0 radical (unpaired) electrons. The van der Waals surface area contributed by atoms with Crippen molar-refractivity contribution >= 4 is 0 Å². The van der Waals surface area contributed by atoms with E-state index in [9.17, 15) is 0 Å². The van der Waals surface area contributed by atoms with Gasteiger partial charge in [0.2, 0.25) is 0 Å². The first-order chi connectivity index (χ1) is 9.78. The van der Waals surface area contributed by atoms with E-state index in [-0.39, 0.29) is 0 Å². The van der Waals surface area contributed by atoms with Crippen LogP contribution in [0.3, 0.4) is 0 Å². The molecule has 20 heavy (non-hydrogen) atoms. The minimum Gasteiger partial charge on any atom is -0.490 e. The highest BCUT2D eigenvalue weighted by Gasteiger charge is 2.56. The van der Waals surface area contributed by atoms with Crippen molar-refractivity contribution in [3.05, 3.63) is 29.8 Å². The van der Waals surface area contributed by atoms with E-state index >= 15 is 0 Å². The van der Waals surface area contributed by atoms with E-state index in [1.807, 2.05) is 0 Å². The minimum absolute atomic E-state index is 0.375. The lowest BCUT2D eigenvalue weighted by molar-refractivity contribution is -0.0736. The number of rotatable bonds is 5. The first-order valence-corrected chi connectivity index (χ1v) is 7.70. The topological polar surface area (TPSA) is 30.5 Å². The molecule has 2 unspecified atom stereocenters. The van der Waals surface area contributed by atoms with Crippen LogP contribution in [-0.2, 0) is 11.3 Å². The second-order valence-corrected chi connectivity index (χ2v) is 6.20. The quantitative estimate of drug-likeness (QED) is 0.895. The molecule has 1 aromatic carbocycles. The fourth-order valence-electron chi connectivity index (χ4n) is 4.06. The average Bonchev–Trinajstić information content (AvgIpc) is 2.96. The molecule has 2 saturated carbocycles. The molecule has 3 nitrogen and oxygen atoms in total. The summed E-state index contributed by atoms with van der Waals surface area (Å²) in [6.07, 6.45) is 6.82. The summed E-state index contributed by atoms with van der Waals surface area (Å²) in [6, 6.07) is 8.95. The molecule has 1 spiro atoms. The molecule has 2 atom stereocenters. The molecule has 110 valence electrons. The number of ether oxygens (including phenoxy) is 2. The molecule has 0 bridgehead atoms. The highest BCUT2D eigenvalue weighted by atomic mass is 16.5. The Kier molecular flexibility index (Phi) is 3.99. The number of nitrogens with one attached hydrogen (secondary N) is 1. The van der Waals surface area contributed by atoms with Crippen LogP contribution in [0.5, 0.6) is 5.75 Å². The Morgan fingerprint density at radius 2 is 2.10 bits per heavy atom. The smallest absolute Gasteiger partial charge is 0.120 e. The Labute approximate surface area is 121 Å². The number of benzene rings is 1. The fraction of sp³-hybridized carbons (Fsp3) is 0.647. The standard InChI is InChI=1S/C17H25NO2/c1-18-15-11-16(17(15)8-3-4-9-17)20-14-7-5-6-13(10-14)12-19-2/h5-7,10,15-16,18H,3-4,8-9,11-12H2,1-2H3. The van der Waals surface area contributed by atoms with Crippen LogP contribution in [0.25, 0.3) is 0 Å². The Bertz CT molecular complexity index is 454. The zero-order valence-corrected chi connectivity index (χ0v) is 12.5. The van der Waals surface area contributed by atoms with Crippen LogP contribution < -0.4 is 10.1 Å². The zero-order valence-electron chi connectivity index (χ0n) is 12.5. The highest BCUT2D eigenvalue weighted by molar-refractivity contribution is 5.29. The monoisotopic (exact) mass is 275 g/mol. The van der Waals surface area contributed by atoms with Crippen LogP contribution in [-0.4, -0.2) is 26.3 Å². The number of methoxy groups -OCH3 is 1. The molecule has 3 rings (SSSR count). The van der Waals surface area contributed by atoms with Crippen LogP contribution in [0, 0.1) is 5.41 Å². The maximum atomic E-state index is 6.31. The fourth-order valence-corrected chi connectivity index (χ4v) is 4.06. The van der Waals surface area contributed by atoms with E-state index in [1.54, 1.807) is 7.11 Å². The number of hydrogen-bond acceptors (Lipinski definition) is 3. The van der Waals surface area contributed by atoms with Crippen molar-refractivity contribution in [2.45, 2.75) is 50.9 Å². The molecule has 2 fully saturated rings. The lowest BCUT2D eigenvalue weighted by atomic mass is 9.60. The molecule has 0 amide bonds. The summed E-state index contributed by atoms with van der Waals surface area (Å²) in [4.78, 5) is 0. The zero-order chi connectivity index (χ0) is 14.0. The van der Waals surface area contributed by atoms with Crippen LogP contribution in [0.2, 0.25) is 0 Å². The number of hydrogen-bond donors (Lipinski definition) is 1. The summed E-state index contributed by atoms with van der Waals surface area (Å²) in [5.41, 5.74) is 1.56. The molecule has 1 aromatic rings. The second-order valence-electron chi connectivity index (χ2n) is 6.20. The van der Waals surface area contributed by atoms with E-state index in [1.165, 1.54) is 31.2 Å². The van der Waals surface area contributed by atoms with Crippen molar-refractivity contribution in [1.82, 2.24) is 5.32 Å². The second kappa shape index (κ2) is 5.74. The normalized spacial score (nSPS) is 27.5. The summed E-state index contributed by atoms with van der Waals surface area (Å²) in [6.45, 7) is 0.645.